The lowest BCUT2D eigenvalue weighted by Crippen LogP contribution is -2.20. The first-order chi connectivity index (χ1) is 8.86. The normalized spacial score (nSPS) is 24.3. The second-order valence-electron chi connectivity index (χ2n) is 5.41. The Labute approximate surface area is 108 Å². The molecule has 1 heterocycles. The molecule has 3 rings (SSSR count). The molecule has 1 aliphatic carbocycles. The summed E-state index contributed by atoms with van der Waals surface area (Å²) in [5, 5.41) is 1.26. The van der Waals surface area contributed by atoms with E-state index >= 15 is 0 Å². The third-order valence-electron chi connectivity index (χ3n) is 4.28. The predicted octanol–water partition coefficient (Wildman–Crippen LogP) is 3.47. The van der Waals surface area contributed by atoms with Crippen molar-refractivity contribution in [1.82, 2.24) is 4.98 Å². The van der Waals surface area contributed by atoms with Crippen LogP contribution < -0.4 is 5.73 Å². The lowest BCUT2D eigenvalue weighted by Gasteiger charge is -2.28. The minimum Gasteiger partial charge on any atom is -0.330 e. The van der Waals surface area contributed by atoms with Crippen LogP contribution in [0.3, 0.4) is 0 Å². The van der Waals surface area contributed by atoms with Crippen LogP contribution in [0.5, 0.6) is 0 Å². The van der Waals surface area contributed by atoms with Gasteiger partial charge in [0.05, 0.1) is 5.52 Å². The van der Waals surface area contributed by atoms with E-state index in [1.807, 2.05) is 12.3 Å². The highest BCUT2D eigenvalue weighted by Gasteiger charge is 2.21. The molecule has 94 valence electrons. The molecule has 18 heavy (non-hydrogen) atoms. The summed E-state index contributed by atoms with van der Waals surface area (Å²) in [5.41, 5.74) is 8.33. The Bertz CT molecular complexity index is 527. The zero-order valence-electron chi connectivity index (χ0n) is 10.7. The molecule has 1 saturated carbocycles. The number of fused-ring (bicyclic) bond motifs is 1. The minimum atomic E-state index is 0.720. The molecule has 0 amide bonds. The molecular weight excluding hydrogens is 220 g/mol. The minimum absolute atomic E-state index is 0.720. The summed E-state index contributed by atoms with van der Waals surface area (Å²) in [5.74, 6) is 1.47. The SMILES string of the molecule is NCC1CCC(c2ccc3ncccc3c2)CC1. The number of benzene rings is 1. The van der Waals surface area contributed by atoms with Gasteiger partial charge in [-0.05, 0) is 67.8 Å². The van der Waals surface area contributed by atoms with Crippen molar-refractivity contribution in [3.8, 4) is 0 Å². The first-order valence-corrected chi connectivity index (χ1v) is 6.91. The summed E-state index contributed by atoms with van der Waals surface area (Å²) >= 11 is 0. The van der Waals surface area contributed by atoms with E-state index in [2.05, 4.69) is 29.2 Å². The summed E-state index contributed by atoms with van der Waals surface area (Å²) in [4.78, 5) is 4.38. The Hall–Kier alpha value is -1.41. The van der Waals surface area contributed by atoms with Gasteiger partial charge in [-0.2, -0.15) is 0 Å². The molecule has 1 aromatic carbocycles. The molecule has 0 bridgehead atoms. The Morgan fingerprint density at radius 2 is 1.94 bits per heavy atom. The van der Waals surface area contributed by atoms with Gasteiger partial charge in [0.25, 0.3) is 0 Å². The largest absolute Gasteiger partial charge is 0.330 e. The highest BCUT2D eigenvalue weighted by atomic mass is 14.6. The van der Waals surface area contributed by atoms with Gasteiger partial charge < -0.3 is 5.73 Å². The van der Waals surface area contributed by atoms with Crippen LogP contribution in [0.1, 0.15) is 37.2 Å². The van der Waals surface area contributed by atoms with Crippen LogP contribution >= 0.6 is 0 Å². The zero-order valence-corrected chi connectivity index (χ0v) is 10.7. The van der Waals surface area contributed by atoms with Crippen LogP contribution in [0.4, 0.5) is 0 Å². The van der Waals surface area contributed by atoms with E-state index in [-0.39, 0.29) is 0 Å². The Morgan fingerprint density at radius 3 is 2.72 bits per heavy atom. The van der Waals surface area contributed by atoms with Gasteiger partial charge in [-0.1, -0.05) is 12.1 Å². The van der Waals surface area contributed by atoms with Gasteiger partial charge in [0.2, 0.25) is 0 Å². The van der Waals surface area contributed by atoms with Crippen LogP contribution in [0.15, 0.2) is 36.5 Å². The fourth-order valence-corrected chi connectivity index (χ4v) is 3.08. The van der Waals surface area contributed by atoms with E-state index in [1.165, 1.54) is 36.6 Å². The average molecular weight is 240 g/mol. The van der Waals surface area contributed by atoms with Gasteiger partial charge in [-0.15, -0.1) is 0 Å². The quantitative estimate of drug-likeness (QED) is 0.873. The second kappa shape index (κ2) is 5.07. The van der Waals surface area contributed by atoms with Gasteiger partial charge in [0.15, 0.2) is 0 Å². The molecule has 0 unspecified atom stereocenters. The molecule has 0 spiro atoms. The van der Waals surface area contributed by atoms with E-state index < -0.39 is 0 Å². The third-order valence-corrected chi connectivity index (χ3v) is 4.28. The maximum atomic E-state index is 5.75. The summed E-state index contributed by atoms with van der Waals surface area (Å²) in [6.45, 7) is 0.856. The van der Waals surface area contributed by atoms with Crippen LogP contribution in [-0.4, -0.2) is 11.5 Å². The average Bonchev–Trinajstić information content (AvgIpc) is 2.47. The maximum Gasteiger partial charge on any atom is 0.0702 e. The molecule has 2 N–H and O–H groups in total. The zero-order chi connectivity index (χ0) is 12.4. The number of nitrogens with two attached hydrogens (primary N) is 1. The molecule has 2 aromatic rings. The number of hydrogen-bond acceptors (Lipinski definition) is 2. The van der Waals surface area contributed by atoms with Crippen molar-refractivity contribution in [3.05, 3.63) is 42.1 Å². The molecule has 0 atom stereocenters. The first-order valence-electron chi connectivity index (χ1n) is 6.91. The fraction of sp³-hybridized carbons (Fsp3) is 0.438. The molecule has 2 nitrogen and oxygen atoms in total. The number of hydrogen-bond donors (Lipinski definition) is 1. The molecule has 1 fully saturated rings. The summed E-state index contributed by atoms with van der Waals surface area (Å²) in [6, 6.07) is 10.9. The molecule has 0 radical (unpaired) electrons. The number of pyridine rings is 1. The van der Waals surface area contributed by atoms with E-state index in [4.69, 9.17) is 5.73 Å². The third kappa shape index (κ3) is 2.25. The smallest absolute Gasteiger partial charge is 0.0702 e. The monoisotopic (exact) mass is 240 g/mol. The highest BCUT2D eigenvalue weighted by molar-refractivity contribution is 5.79. The van der Waals surface area contributed by atoms with Crippen molar-refractivity contribution in [1.29, 1.82) is 0 Å². The fourth-order valence-electron chi connectivity index (χ4n) is 3.08. The molecule has 0 aliphatic heterocycles. The van der Waals surface area contributed by atoms with Crippen molar-refractivity contribution in [2.45, 2.75) is 31.6 Å². The lowest BCUT2D eigenvalue weighted by molar-refractivity contribution is 0.333. The lowest BCUT2D eigenvalue weighted by atomic mass is 9.78. The molecule has 0 saturated heterocycles. The second-order valence-corrected chi connectivity index (χ2v) is 5.41. The topological polar surface area (TPSA) is 38.9 Å². The van der Waals surface area contributed by atoms with Gasteiger partial charge >= 0.3 is 0 Å². The summed E-state index contributed by atoms with van der Waals surface area (Å²) in [6.07, 6.45) is 6.99. The van der Waals surface area contributed by atoms with Crippen LogP contribution in [0, 0.1) is 5.92 Å². The van der Waals surface area contributed by atoms with Gasteiger partial charge in [0.1, 0.15) is 0 Å². The standard InChI is InChI=1S/C16H20N2/c17-11-12-3-5-13(6-4-12)14-7-8-16-15(10-14)2-1-9-18-16/h1-2,7-10,12-13H,3-6,11,17H2. The van der Waals surface area contributed by atoms with Crippen molar-refractivity contribution in [2.75, 3.05) is 6.54 Å². The van der Waals surface area contributed by atoms with Crippen LogP contribution in [-0.2, 0) is 0 Å². The van der Waals surface area contributed by atoms with E-state index in [0.29, 0.717) is 0 Å². The van der Waals surface area contributed by atoms with Crippen LogP contribution in [0.2, 0.25) is 0 Å². The van der Waals surface area contributed by atoms with E-state index in [0.717, 1.165) is 23.9 Å². The van der Waals surface area contributed by atoms with Crippen molar-refractivity contribution >= 4 is 10.9 Å². The molecule has 1 aromatic heterocycles. The van der Waals surface area contributed by atoms with E-state index in [1.54, 1.807) is 0 Å². The number of nitrogens with zero attached hydrogens (tertiary/aromatic N) is 1. The number of aromatic nitrogens is 1. The predicted molar refractivity (Wildman–Crippen MR) is 75.5 cm³/mol. The maximum absolute atomic E-state index is 5.75. The Morgan fingerprint density at radius 1 is 1.11 bits per heavy atom. The first kappa shape index (κ1) is 11.7. The Balaban J connectivity index is 1.82. The van der Waals surface area contributed by atoms with Crippen LogP contribution in [0.25, 0.3) is 10.9 Å². The van der Waals surface area contributed by atoms with Crippen molar-refractivity contribution < 1.29 is 0 Å². The highest BCUT2D eigenvalue weighted by Crippen LogP contribution is 2.36. The molecular formula is C16H20N2. The van der Waals surface area contributed by atoms with Gasteiger partial charge in [0, 0.05) is 11.6 Å². The summed E-state index contributed by atoms with van der Waals surface area (Å²) in [7, 11) is 0. The summed E-state index contributed by atoms with van der Waals surface area (Å²) < 4.78 is 0. The van der Waals surface area contributed by atoms with Gasteiger partial charge in [-0.25, -0.2) is 0 Å². The van der Waals surface area contributed by atoms with Crippen molar-refractivity contribution in [2.24, 2.45) is 11.7 Å². The Kier molecular flexibility index (Phi) is 3.28. The molecule has 1 aliphatic rings. The number of rotatable bonds is 2. The van der Waals surface area contributed by atoms with Gasteiger partial charge in [-0.3, -0.25) is 4.98 Å². The van der Waals surface area contributed by atoms with E-state index in [9.17, 15) is 0 Å². The molecule has 2 heteroatoms. The van der Waals surface area contributed by atoms with Crippen molar-refractivity contribution in [3.63, 3.8) is 0 Å².